The minimum atomic E-state index is -1.42. The van der Waals surface area contributed by atoms with E-state index >= 15 is 0 Å². The predicted molar refractivity (Wildman–Crippen MR) is 103 cm³/mol. The highest BCUT2D eigenvalue weighted by Gasteiger charge is 2.27. The highest BCUT2D eigenvalue weighted by Crippen LogP contribution is 1.93. The first-order chi connectivity index (χ1) is 13.8. The second-order valence-corrected chi connectivity index (χ2v) is 6.70. The summed E-state index contributed by atoms with van der Waals surface area (Å²) in [5, 5.41) is 29.5. The van der Waals surface area contributed by atoms with Crippen LogP contribution in [0, 0.1) is 0 Å². The zero-order valence-corrected chi connectivity index (χ0v) is 17.4. The molecule has 0 aliphatic carbocycles. The van der Waals surface area contributed by atoms with Crippen molar-refractivity contribution in [1.82, 2.24) is 26.6 Å². The topological polar surface area (TPSA) is 203 Å². The molecule has 0 radical (unpaired) electrons. The number of carboxylic acid groups (broad SMARTS) is 1. The maximum atomic E-state index is 12.2. The van der Waals surface area contributed by atoms with Crippen LogP contribution < -0.4 is 26.6 Å². The van der Waals surface area contributed by atoms with Crippen LogP contribution in [0.1, 0.15) is 34.6 Å². The van der Waals surface area contributed by atoms with E-state index in [1.807, 2.05) is 0 Å². The number of nitrogens with one attached hydrogen (secondary N) is 5. The smallest absolute Gasteiger partial charge is 0.325 e. The molecule has 7 N–H and O–H groups in total. The van der Waals surface area contributed by atoms with Crippen LogP contribution >= 0.6 is 0 Å². The molecule has 13 heteroatoms. The number of rotatable bonds is 11. The van der Waals surface area contributed by atoms with Crippen LogP contribution in [-0.2, 0) is 28.8 Å². The zero-order chi connectivity index (χ0) is 23.6. The Labute approximate surface area is 173 Å². The summed E-state index contributed by atoms with van der Waals surface area (Å²) in [6, 6.07) is -5.71. The Hall–Kier alpha value is -3.22. The maximum Gasteiger partial charge on any atom is 0.325 e. The van der Waals surface area contributed by atoms with E-state index < -0.39 is 72.3 Å². The first-order valence-electron chi connectivity index (χ1n) is 9.12. The second-order valence-electron chi connectivity index (χ2n) is 6.70. The molecule has 0 unspecified atom stereocenters. The van der Waals surface area contributed by atoms with Crippen molar-refractivity contribution in [2.24, 2.45) is 0 Å². The van der Waals surface area contributed by atoms with E-state index in [2.05, 4.69) is 26.6 Å². The molecule has 170 valence electrons. The van der Waals surface area contributed by atoms with E-state index in [1.54, 1.807) is 0 Å². The minimum absolute atomic E-state index is 0.428. The quantitative estimate of drug-likeness (QED) is 0.175. The number of aliphatic hydroxyl groups excluding tert-OH is 1. The number of carbonyl (C=O) groups is 6. The molecule has 0 spiro atoms. The standard InChI is InChI=1S/C17H29N5O8/c1-7(18-11(5)24)13(25)19-9(3)15(27)22-12(6-23)16(28)20-8(2)14(26)21-10(4)17(29)30/h7-10,12,23H,6H2,1-5H3,(H,18,24)(H,19,25)(H,20,28)(H,21,26)(H,22,27)(H,29,30)/t7-,8-,9-,10-,12-/m0/s1. The van der Waals surface area contributed by atoms with Crippen molar-refractivity contribution in [3.8, 4) is 0 Å². The van der Waals surface area contributed by atoms with E-state index in [0.29, 0.717) is 0 Å². The third-order valence-corrected chi connectivity index (χ3v) is 3.86. The van der Waals surface area contributed by atoms with Gasteiger partial charge in [-0.2, -0.15) is 0 Å². The van der Waals surface area contributed by atoms with Crippen molar-refractivity contribution >= 4 is 35.5 Å². The summed E-state index contributed by atoms with van der Waals surface area (Å²) in [5.41, 5.74) is 0. The molecular weight excluding hydrogens is 402 g/mol. The van der Waals surface area contributed by atoms with Crippen molar-refractivity contribution in [2.75, 3.05) is 6.61 Å². The molecule has 5 atom stereocenters. The number of amides is 5. The van der Waals surface area contributed by atoms with Gasteiger partial charge in [0, 0.05) is 6.92 Å². The van der Waals surface area contributed by atoms with Gasteiger partial charge in [0.1, 0.15) is 30.2 Å². The van der Waals surface area contributed by atoms with Crippen LogP contribution in [-0.4, -0.2) is 82.5 Å². The fourth-order valence-electron chi connectivity index (χ4n) is 2.04. The Morgan fingerprint density at radius 1 is 0.633 bits per heavy atom. The molecule has 0 aromatic carbocycles. The SMILES string of the molecule is CC(=O)N[C@@H](C)C(=O)N[C@@H](C)C(=O)N[C@@H](CO)C(=O)N[C@@H](C)C(=O)N[C@@H](C)C(=O)O. The molecule has 0 heterocycles. The molecule has 0 aliphatic heterocycles. The van der Waals surface area contributed by atoms with Crippen LogP contribution in [0.25, 0.3) is 0 Å². The Balaban J connectivity index is 4.77. The Kier molecular flexibility index (Phi) is 11.0. The van der Waals surface area contributed by atoms with E-state index in [4.69, 9.17) is 5.11 Å². The number of aliphatic carboxylic acids is 1. The second kappa shape index (κ2) is 12.4. The van der Waals surface area contributed by atoms with Gasteiger partial charge in [-0.05, 0) is 27.7 Å². The van der Waals surface area contributed by atoms with Crippen LogP contribution in [0.3, 0.4) is 0 Å². The fourth-order valence-corrected chi connectivity index (χ4v) is 2.04. The van der Waals surface area contributed by atoms with Crippen LogP contribution in [0.2, 0.25) is 0 Å². The van der Waals surface area contributed by atoms with Gasteiger partial charge in [0.15, 0.2) is 0 Å². The molecule has 0 saturated carbocycles. The van der Waals surface area contributed by atoms with E-state index in [-0.39, 0.29) is 0 Å². The van der Waals surface area contributed by atoms with E-state index in [0.717, 1.165) is 0 Å². The summed E-state index contributed by atoms with van der Waals surface area (Å²) in [6.45, 7) is 5.74. The van der Waals surface area contributed by atoms with Crippen molar-refractivity contribution in [3.63, 3.8) is 0 Å². The molecule has 0 aromatic heterocycles. The summed E-state index contributed by atoms with van der Waals surface area (Å²) >= 11 is 0. The lowest BCUT2D eigenvalue weighted by atomic mass is 10.2. The largest absolute Gasteiger partial charge is 0.480 e. The van der Waals surface area contributed by atoms with Crippen molar-refractivity contribution in [3.05, 3.63) is 0 Å². The number of carbonyl (C=O) groups excluding carboxylic acids is 5. The Morgan fingerprint density at radius 2 is 1.00 bits per heavy atom. The van der Waals surface area contributed by atoms with Crippen LogP contribution in [0.4, 0.5) is 0 Å². The van der Waals surface area contributed by atoms with E-state index in [9.17, 15) is 33.9 Å². The number of carboxylic acids is 1. The zero-order valence-electron chi connectivity index (χ0n) is 17.4. The van der Waals surface area contributed by atoms with Gasteiger partial charge in [0.05, 0.1) is 6.61 Å². The van der Waals surface area contributed by atoms with Gasteiger partial charge in [0.2, 0.25) is 29.5 Å². The summed E-state index contributed by atoms with van der Waals surface area (Å²) in [7, 11) is 0. The van der Waals surface area contributed by atoms with Crippen LogP contribution in [0.5, 0.6) is 0 Å². The third-order valence-electron chi connectivity index (χ3n) is 3.86. The summed E-state index contributed by atoms with van der Waals surface area (Å²) in [6.07, 6.45) is 0. The molecule has 0 fully saturated rings. The van der Waals surface area contributed by atoms with Gasteiger partial charge in [-0.25, -0.2) is 0 Å². The summed E-state index contributed by atoms with van der Waals surface area (Å²) in [4.78, 5) is 69.9. The molecule has 0 rings (SSSR count). The van der Waals surface area contributed by atoms with E-state index in [1.165, 1.54) is 34.6 Å². The highest BCUT2D eigenvalue weighted by atomic mass is 16.4. The first kappa shape index (κ1) is 26.8. The lowest BCUT2D eigenvalue weighted by Gasteiger charge is -2.22. The van der Waals surface area contributed by atoms with Gasteiger partial charge in [-0.1, -0.05) is 0 Å². The molecule has 13 nitrogen and oxygen atoms in total. The van der Waals surface area contributed by atoms with Crippen molar-refractivity contribution in [2.45, 2.75) is 64.8 Å². The summed E-state index contributed by atoms with van der Waals surface area (Å²) in [5.74, 6) is -4.76. The normalized spacial score (nSPS) is 15.4. The molecule has 30 heavy (non-hydrogen) atoms. The average Bonchev–Trinajstić information content (AvgIpc) is 2.64. The highest BCUT2D eigenvalue weighted by molar-refractivity contribution is 5.95. The number of hydrogen-bond acceptors (Lipinski definition) is 7. The lowest BCUT2D eigenvalue weighted by molar-refractivity contribution is -0.141. The number of hydrogen-bond donors (Lipinski definition) is 7. The van der Waals surface area contributed by atoms with Gasteiger partial charge >= 0.3 is 5.97 Å². The van der Waals surface area contributed by atoms with Crippen molar-refractivity contribution in [1.29, 1.82) is 0 Å². The van der Waals surface area contributed by atoms with Gasteiger partial charge in [-0.3, -0.25) is 28.8 Å². The van der Waals surface area contributed by atoms with Crippen molar-refractivity contribution < 1.29 is 39.0 Å². The monoisotopic (exact) mass is 431 g/mol. The van der Waals surface area contributed by atoms with Gasteiger partial charge < -0.3 is 36.8 Å². The predicted octanol–water partition coefficient (Wildman–Crippen LogP) is -3.41. The molecule has 0 aromatic rings. The molecule has 0 bridgehead atoms. The molecule has 5 amide bonds. The van der Waals surface area contributed by atoms with Gasteiger partial charge in [0.25, 0.3) is 0 Å². The molecule has 0 saturated heterocycles. The maximum absolute atomic E-state index is 12.2. The Morgan fingerprint density at radius 3 is 1.40 bits per heavy atom. The minimum Gasteiger partial charge on any atom is -0.480 e. The molecule has 0 aliphatic rings. The first-order valence-corrected chi connectivity index (χ1v) is 9.12. The van der Waals surface area contributed by atoms with Crippen LogP contribution in [0.15, 0.2) is 0 Å². The number of aliphatic hydroxyl groups is 1. The fraction of sp³-hybridized carbons (Fsp3) is 0.647. The Bertz CT molecular complexity index is 683. The third kappa shape index (κ3) is 9.32. The lowest BCUT2D eigenvalue weighted by Crippen LogP contribution is -2.58. The van der Waals surface area contributed by atoms with Gasteiger partial charge in [-0.15, -0.1) is 0 Å². The average molecular weight is 431 g/mol. The molecular formula is C17H29N5O8. The summed E-state index contributed by atoms with van der Waals surface area (Å²) < 4.78 is 0.